The molecule has 2 aromatic rings. The van der Waals surface area contributed by atoms with Gasteiger partial charge in [-0.2, -0.15) is 0 Å². The van der Waals surface area contributed by atoms with Gasteiger partial charge in [0, 0.05) is 5.56 Å². The smallest absolute Gasteiger partial charge is 0.248 e. The van der Waals surface area contributed by atoms with Crippen molar-refractivity contribution < 1.29 is 4.42 Å². The van der Waals surface area contributed by atoms with E-state index in [1.807, 2.05) is 0 Å². The molecule has 102 valence electrons. The highest BCUT2D eigenvalue weighted by atomic mass is 16.4. The predicted molar refractivity (Wildman–Crippen MR) is 75.8 cm³/mol. The van der Waals surface area contributed by atoms with E-state index in [9.17, 15) is 0 Å². The number of benzene rings is 1. The van der Waals surface area contributed by atoms with Gasteiger partial charge in [0.15, 0.2) is 0 Å². The van der Waals surface area contributed by atoms with E-state index in [2.05, 4.69) is 56.9 Å². The van der Waals surface area contributed by atoms with Crippen molar-refractivity contribution in [2.24, 2.45) is 5.73 Å². The molecule has 4 nitrogen and oxygen atoms in total. The third-order valence-corrected chi connectivity index (χ3v) is 3.25. The van der Waals surface area contributed by atoms with Crippen LogP contribution >= 0.6 is 0 Å². The molecule has 0 spiro atoms. The van der Waals surface area contributed by atoms with E-state index in [1.165, 1.54) is 5.56 Å². The fraction of sp³-hybridized carbons (Fsp3) is 0.467. The quantitative estimate of drug-likeness (QED) is 0.900. The molecule has 0 amide bonds. The summed E-state index contributed by atoms with van der Waals surface area (Å²) in [5.74, 6) is 1.02. The largest absolute Gasteiger partial charge is 0.419 e. The average molecular weight is 259 g/mol. The van der Waals surface area contributed by atoms with E-state index in [0.717, 1.165) is 16.7 Å². The van der Waals surface area contributed by atoms with Gasteiger partial charge in [0.25, 0.3) is 0 Å². The van der Waals surface area contributed by atoms with Gasteiger partial charge in [-0.3, -0.25) is 0 Å². The molecule has 2 N–H and O–H groups in total. The van der Waals surface area contributed by atoms with Crippen molar-refractivity contribution in [2.75, 3.05) is 0 Å². The van der Waals surface area contributed by atoms with Gasteiger partial charge in [-0.25, -0.2) is 0 Å². The molecular formula is C15H21N3O. The van der Waals surface area contributed by atoms with Crippen molar-refractivity contribution >= 4 is 0 Å². The minimum atomic E-state index is 0.130. The van der Waals surface area contributed by atoms with Gasteiger partial charge in [-0.05, 0) is 36.0 Å². The lowest BCUT2D eigenvalue weighted by atomic mass is 9.84. The summed E-state index contributed by atoms with van der Waals surface area (Å²) >= 11 is 0. The second-order valence-electron chi connectivity index (χ2n) is 5.94. The first kappa shape index (κ1) is 13.7. The zero-order chi connectivity index (χ0) is 14.2. The normalized spacial score (nSPS) is 11.9. The molecule has 0 atom stereocenters. The molecule has 0 fully saturated rings. The lowest BCUT2D eigenvalue weighted by molar-refractivity contribution is 0.508. The summed E-state index contributed by atoms with van der Waals surface area (Å²) in [6.07, 6.45) is 0. The number of hydrogen-bond acceptors (Lipinski definition) is 4. The second-order valence-corrected chi connectivity index (χ2v) is 5.94. The van der Waals surface area contributed by atoms with Gasteiger partial charge in [0.2, 0.25) is 11.8 Å². The van der Waals surface area contributed by atoms with Crippen LogP contribution in [0.2, 0.25) is 0 Å². The van der Waals surface area contributed by atoms with Gasteiger partial charge in [0.1, 0.15) is 0 Å². The molecule has 2 rings (SSSR count). The predicted octanol–water partition coefficient (Wildman–Crippen LogP) is 3.11. The van der Waals surface area contributed by atoms with Gasteiger partial charge >= 0.3 is 0 Å². The molecular weight excluding hydrogens is 238 g/mol. The maximum atomic E-state index is 5.56. The Morgan fingerprint density at radius 2 is 1.68 bits per heavy atom. The van der Waals surface area contributed by atoms with Gasteiger partial charge < -0.3 is 10.2 Å². The summed E-state index contributed by atoms with van der Waals surface area (Å²) in [5, 5.41) is 8.00. The van der Waals surface area contributed by atoms with Crippen LogP contribution < -0.4 is 5.73 Å². The van der Waals surface area contributed by atoms with Crippen LogP contribution in [0.4, 0.5) is 0 Å². The molecule has 19 heavy (non-hydrogen) atoms. The SMILES string of the molecule is Cc1cc(C(C)(C)C)cc(C)c1-c1nnc(CN)o1. The lowest BCUT2D eigenvalue weighted by Gasteiger charge is -2.21. The van der Waals surface area contributed by atoms with Gasteiger partial charge in [0.05, 0.1) is 6.54 Å². The van der Waals surface area contributed by atoms with E-state index in [4.69, 9.17) is 10.2 Å². The van der Waals surface area contributed by atoms with Crippen LogP contribution in [0.5, 0.6) is 0 Å². The minimum Gasteiger partial charge on any atom is -0.419 e. The Kier molecular flexibility index (Phi) is 3.45. The zero-order valence-corrected chi connectivity index (χ0v) is 12.2. The third-order valence-electron chi connectivity index (χ3n) is 3.25. The highest BCUT2D eigenvalue weighted by Crippen LogP contribution is 2.31. The fourth-order valence-electron chi connectivity index (χ4n) is 2.17. The van der Waals surface area contributed by atoms with Crippen LogP contribution in [0.3, 0.4) is 0 Å². The third kappa shape index (κ3) is 2.68. The van der Waals surface area contributed by atoms with Crippen LogP contribution in [0.25, 0.3) is 11.5 Å². The van der Waals surface area contributed by atoms with Crippen LogP contribution in [-0.4, -0.2) is 10.2 Å². The fourth-order valence-corrected chi connectivity index (χ4v) is 2.17. The van der Waals surface area contributed by atoms with Crippen LogP contribution in [0.15, 0.2) is 16.5 Å². The first-order valence-corrected chi connectivity index (χ1v) is 6.47. The van der Waals surface area contributed by atoms with E-state index in [0.29, 0.717) is 11.8 Å². The molecule has 0 radical (unpaired) electrons. The molecule has 1 heterocycles. The van der Waals surface area contributed by atoms with Crippen molar-refractivity contribution in [3.05, 3.63) is 34.7 Å². The van der Waals surface area contributed by atoms with Gasteiger partial charge in [-0.15, -0.1) is 10.2 Å². The lowest BCUT2D eigenvalue weighted by Crippen LogP contribution is -2.12. The minimum absolute atomic E-state index is 0.130. The number of rotatable bonds is 2. The Balaban J connectivity index is 2.53. The van der Waals surface area contributed by atoms with E-state index in [1.54, 1.807) is 0 Å². The highest BCUT2D eigenvalue weighted by molar-refractivity contribution is 5.64. The van der Waals surface area contributed by atoms with E-state index in [-0.39, 0.29) is 12.0 Å². The van der Waals surface area contributed by atoms with Crippen molar-refractivity contribution in [1.29, 1.82) is 0 Å². The van der Waals surface area contributed by atoms with Crippen LogP contribution in [-0.2, 0) is 12.0 Å². The maximum Gasteiger partial charge on any atom is 0.248 e. The molecule has 1 aromatic carbocycles. The summed E-state index contributed by atoms with van der Waals surface area (Å²) < 4.78 is 5.56. The van der Waals surface area contributed by atoms with E-state index >= 15 is 0 Å². The molecule has 1 aromatic heterocycles. The molecule has 0 aliphatic heterocycles. The van der Waals surface area contributed by atoms with Crippen molar-refractivity contribution in [1.82, 2.24) is 10.2 Å². The number of hydrogen-bond donors (Lipinski definition) is 1. The Morgan fingerprint density at radius 1 is 1.11 bits per heavy atom. The van der Waals surface area contributed by atoms with Crippen LogP contribution in [0.1, 0.15) is 43.4 Å². The van der Waals surface area contributed by atoms with Crippen LogP contribution in [0, 0.1) is 13.8 Å². The first-order valence-electron chi connectivity index (χ1n) is 6.47. The maximum absolute atomic E-state index is 5.56. The zero-order valence-electron chi connectivity index (χ0n) is 12.2. The van der Waals surface area contributed by atoms with Crippen molar-refractivity contribution in [2.45, 2.75) is 46.6 Å². The highest BCUT2D eigenvalue weighted by Gasteiger charge is 2.19. The number of nitrogens with two attached hydrogens (primary N) is 1. The Hall–Kier alpha value is -1.68. The molecule has 0 saturated carbocycles. The average Bonchev–Trinajstić information content (AvgIpc) is 2.75. The summed E-state index contributed by atoms with van der Waals surface area (Å²) in [6.45, 7) is 11.0. The molecule has 0 aliphatic carbocycles. The Morgan fingerprint density at radius 3 is 2.11 bits per heavy atom. The number of nitrogens with zero attached hydrogens (tertiary/aromatic N) is 2. The Labute approximate surface area is 114 Å². The molecule has 0 aliphatic rings. The molecule has 0 saturated heterocycles. The standard InChI is InChI=1S/C15H21N3O/c1-9-6-11(15(3,4)5)7-10(2)13(9)14-18-17-12(8-16)19-14/h6-7H,8,16H2,1-5H3. The van der Waals surface area contributed by atoms with Crippen molar-refractivity contribution in [3.8, 4) is 11.5 Å². The number of aromatic nitrogens is 2. The summed E-state index contributed by atoms with van der Waals surface area (Å²) in [4.78, 5) is 0. The summed E-state index contributed by atoms with van der Waals surface area (Å²) in [6, 6.07) is 4.38. The summed E-state index contributed by atoms with van der Waals surface area (Å²) in [5.41, 5.74) is 10.3. The number of aryl methyl sites for hydroxylation is 2. The van der Waals surface area contributed by atoms with Gasteiger partial charge in [-0.1, -0.05) is 32.9 Å². The first-order chi connectivity index (χ1) is 8.82. The molecule has 0 unspecified atom stereocenters. The Bertz CT molecular complexity index is 571. The van der Waals surface area contributed by atoms with E-state index < -0.39 is 0 Å². The monoisotopic (exact) mass is 259 g/mol. The molecule has 4 heteroatoms. The topological polar surface area (TPSA) is 64.9 Å². The molecule has 0 bridgehead atoms. The second kappa shape index (κ2) is 4.78. The van der Waals surface area contributed by atoms with Crippen molar-refractivity contribution in [3.63, 3.8) is 0 Å². The summed E-state index contributed by atoms with van der Waals surface area (Å²) in [7, 11) is 0.